The fourth-order valence-corrected chi connectivity index (χ4v) is 3.83. The Morgan fingerprint density at radius 2 is 1.62 bits per heavy atom. The van der Waals surface area contributed by atoms with Gasteiger partial charge >= 0.3 is 0 Å². The minimum Gasteiger partial charge on any atom is -0.378 e. The van der Waals surface area contributed by atoms with Crippen LogP contribution in [0.2, 0.25) is 0 Å². The Kier molecular flexibility index (Phi) is 6.48. The number of likely N-dealkylation sites (tertiary alicyclic amines) is 1. The fourth-order valence-electron chi connectivity index (χ4n) is 3.33. The van der Waals surface area contributed by atoms with Crippen LogP contribution in [0.5, 0.6) is 0 Å². The van der Waals surface area contributed by atoms with Gasteiger partial charge in [-0.3, -0.25) is 9.59 Å². The van der Waals surface area contributed by atoms with Crippen molar-refractivity contribution in [2.45, 2.75) is 23.5 Å². The Morgan fingerprint density at radius 1 is 1.00 bits per heavy atom. The van der Waals surface area contributed by atoms with Crippen LogP contribution in [0.4, 0.5) is 8.78 Å². The Labute approximate surface area is 155 Å². The van der Waals surface area contributed by atoms with E-state index in [4.69, 9.17) is 4.74 Å². The van der Waals surface area contributed by atoms with Crippen molar-refractivity contribution in [2.75, 3.05) is 39.4 Å². The van der Waals surface area contributed by atoms with Crippen molar-refractivity contribution in [3.63, 3.8) is 0 Å². The largest absolute Gasteiger partial charge is 0.378 e. The normalized spacial score (nSPS) is 19.0. The number of morpholine rings is 1. The number of nitrogens with zero attached hydrogens (tertiary/aromatic N) is 2. The molecule has 2 aliphatic heterocycles. The Hall–Kier alpha value is -1.67. The number of hydrogen-bond acceptors (Lipinski definition) is 4. The van der Waals surface area contributed by atoms with Crippen molar-refractivity contribution in [2.24, 2.45) is 5.92 Å². The SMILES string of the molecule is O=C(c1ccc(SC(F)F)cc1)N1CCC(C(=O)N2CCOCC2)CC1. The number of rotatable bonds is 4. The molecule has 2 amide bonds. The van der Waals surface area contributed by atoms with Crippen molar-refractivity contribution in [1.82, 2.24) is 9.80 Å². The number of amides is 2. The molecule has 2 saturated heterocycles. The van der Waals surface area contributed by atoms with Gasteiger partial charge in [0.1, 0.15) is 0 Å². The summed E-state index contributed by atoms with van der Waals surface area (Å²) in [7, 11) is 0. The van der Waals surface area contributed by atoms with Gasteiger partial charge in [-0.25, -0.2) is 0 Å². The smallest absolute Gasteiger partial charge is 0.288 e. The molecule has 0 saturated carbocycles. The van der Waals surface area contributed by atoms with Gasteiger partial charge in [0.2, 0.25) is 5.91 Å². The Morgan fingerprint density at radius 3 is 2.19 bits per heavy atom. The molecule has 1 aromatic rings. The molecule has 142 valence electrons. The van der Waals surface area contributed by atoms with E-state index in [-0.39, 0.29) is 17.7 Å². The van der Waals surface area contributed by atoms with E-state index in [1.807, 2.05) is 4.90 Å². The molecule has 0 bridgehead atoms. The number of carbonyl (C=O) groups excluding carboxylic acids is 2. The predicted octanol–water partition coefficient (Wildman–Crippen LogP) is 2.71. The molecule has 2 heterocycles. The van der Waals surface area contributed by atoms with Crippen molar-refractivity contribution in [3.8, 4) is 0 Å². The van der Waals surface area contributed by atoms with E-state index < -0.39 is 5.76 Å². The lowest BCUT2D eigenvalue weighted by atomic mass is 9.94. The minimum absolute atomic E-state index is 0.0398. The summed E-state index contributed by atoms with van der Waals surface area (Å²) >= 11 is 0.462. The van der Waals surface area contributed by atoms with E-state index in [2.05, 4.69) is 0 Å². The zero-order chi connectivity index (χ0) is 18.5. The molecule has 8 heteroatoms. The van der Waals surface area contributed by atoms with Crippen LogP contribution in [0, 0.1) is 5.92 Å². The lowest BCUT2D eigenvalue weighted by molar-refractivity contribution is -0.141. The molecule has 5 nitrogen and oxygen atoms in total. The summed E-state index contributed by atoms with van der Waals surface area (Å²) in [6.07, 6.45) is 1.31. The van der Waals surface area contributed by atoms with Crippen LogP contribution in [0.3, 0.4) is 0 Å². The molecular weight excluding hydrogens is 362 g/mol. The molecule has 0 radical (unpaired) electrons. The van der Waals surface area contributed by atoms with Crippen molar-refractivity contribution < 1.29 is 23.1 Å². The summed E-state index contributed by atoms with van der Waals surface area (Å²) in [5, 5.41) is 0. The number of thioether (sulfide) groups is 1. The van der Waals surface area contributed by atoms with Gasteiger partial charge in [-0.2, -0.15) is 8.78 Å². The minimum atomic E-state index is -2.47. The summed E-state index contributed by atoms with van der Waals surface area (Å²) in [4.78, 5) is 29.1. The van der Waals surface area contributed by atoms with Gasteiger partial charge in [-0.15, -0.1) is 0 Å². The van der Waals surface area contributed by atoms with E-state index in [1.54, 1.807) is 29.2 Å². The molecule has 0 aromatic heterocycles. The zero-order valence-electron chi connectivity index (χ0n) is 14.4. The first kappa shape index (κ1) is 19.1. The van der Waals surface area contributed by atoms with Crippen LogP contribution in [0.1, 0.15) is 23.2 Å². The number of piperidine rings is 1. The van der Waals surface area contributed by atoms with E-state index in [0.29, 0.717) is 74.5 Å². The second-order valence-electron chi connectivity index (χ2n) is 6.41. The fraction of sp³-hybridized carbons (Fsp3) is 0.556. The first-order valence-electron chi connectivity index (χ1n) is 8.75. The van der Waals surface area contributed by atoms with Crippen LogP contribution in [-0.4, -0.2) is 66.8 Å². The third-order valence-electron chi connectivity index (χ3n) is 4.78. The molecule has 2 fully saturated rings. The van der Waals surface area contributed by atoms with Crippen LogP contribution < -0.4 is 0 Å². The van der Waals surface area contributed by atoms with E-state index in [1.165, 1.54) is 0 Å². The van der Waals surface area contributed by atoms with Crippen LogP contribution in [0.25, 0.3) is 0 Å². The maximum Gasteiger partial charge on any atom is 0.288 e. The molecule has 0 N–H and O–H groups in total. The second kappa shape index (κ2) is 8.81. The van der Waals surface area contributed by atoms with Crippen molar-refractivity contribution >= 4 is 23.6 Å². The molecule has 1 aromatic carbocycles. The molecule has 2 aliphatic rings. The van der Waals surface area contributed by atoms with Crippen molar-refractivity contribution in [1.29, 1.82) is 0 Å². The van der Waals surface area contributed by atoms with Gasteiger partial charge in [-0.1, -0.05) is 11.8 Å². The molecule has 0 atom stereocenters. The van der Waals surface area contributed by atoms with Gasteiger partial charge < -0.3 is 14.5 Å². The van der Waals surface area contributed by atoms with Crippen molar-refractivity contribution in [3.05, 3.63) is 29.8 Å². The number of carbonyl (C=O) groups is 2. The lowest BCUT2D eigenvalue weighted by Gasteiger charge is -2.35. The third kappa shape index (κ3) is 4.73. The molecule has 0 spiro atoms. The molecule has 0 unspecified atom stereocenters. The number of hydrogen-bond donors (Lipinski definition) is 0. The highest BCUT2D eigenvalue weighted by Crippen LogP contribution is 2.26. The topological polar surface area (TPSA) is 49.9 Å². The zero-order valence-corrected chi connectivity index (χ0v) is 15.2. The van der Waals surface area contributed by atoms with Gasteiger partial charge in [0, 0.05) is 42.6 Å². The Balaban J connectivity index is 1.52. The summed E-state index contributed by atoms with van der Waals surface area (Å²) in [5.74, 6) is -2.47. The van der Waals surface area contributed by atoms with E-state index >= 15 is 0 Å². The lowest BCUT2D eigenvalue weighted by Crippen LogP contribution is -2.47. The van der Waals surface area contributed by atoms with Gasteiger partial charge in [0.15, 0.2) is 0 Å². The predicted molar refractivity (Wildman–Crippen MR) is 94.3 cm³/mol. The van der Waals surface area contributed by atoms with E-state index in [9.17, 15) is 18.4 Å². The van der Waals surface area contributed by atoms with Crippen LogP contribution in [0.15, 0.2) is 29.2 Å². The van der Waals surface area contributed by atoms with Gasteiger partial charge in [0.05, 0.1) is 13.2 Å². The summed E-state index contributed by atoms with van der Waals surface area (Å²) in [5.41, 5.74) is 0.488. The second-order valence-corrected chi connectivity index (χ2v) is 7.47. The summed E-state index contributed by atoms with van der Waals surface area (Å²) in [6, 6.07) is 6.24. The van der Waals surface area contributed by atoms with Gasteiger partial charge in [0.25, 0.3) is 11.7 Å². The van der Waals surface area contributed by atoms with E-state index in [0.717, 1.165) is 0 Å². The Bertz CT molecular complexity index is 628. The summed E-state index contributed by atoms with van der Waals surface area (Å²) < 4.78 is 30.0. The first-order chi connectivity index (χ1) is 12.5. The maximum atomic E-state index is 12.6. The number of halogens is 2. The quantitative estimate of drug-likeness (QED) is 0.749. The van der Waals surface area contributed by atoms with Crippen LogP contribution in [-0.2, 0) is 9.53 Å². The van der Waals surface area contributed by atoms with Crippen LogP contribution >= 0.6 is 11.8 Å². The highest BCUT2D eigenvalue weighted by molar-refractivity contribution is 7.99. The number of benzene rings is 1. The molecule has 26 heavy (non-hydrogen) atoms. The molecular formula is C18H22F2N2O3S. The van der Waals surface area contributed by atoms with Gasteiger partial charge in [-0.05, 0) is 37.1 Å². The monoisotopic (exact) mass is 384 g/mol. The third-order valence-corrected chi connectivity index (χ3v) is 5.50. The standard InChI is InChI=1S/C18H22F2N2O3S/c19-18(20)26-15-3-1-13(2-4-15)16(23)21-7-5-14(6-8-21)17(24)22-9-11-25-12-10-22/h1-4,14,18H,5-12H2. The average molecular weight is 384 g/mol. The summed E-state index contributed by atoms with van der Waals surface area (Å²) in [6.45, 7) is 3.52. The molecule has 0 aliphatic carbocycles. The number of alkyl halides is 2. The number of ether oxygens (including phenoxy) is 1. The molecule has 3 rings (SSSR count). The average Bonchev–Trinajstić information content (AvgIpc) is 2.68. The maximum absolute atomic E-state index is 12.6. The highest BCUT2D eigenvalue weighted by atomic mass is 32.2. The highest BCUT2D eigenvalue weighted by Gasteiger charge is 2.31. The first-order valence-corrected chi connectivity index (χ1v) is 9.63.